The van der Waals surface area contributed by atoms with Crippen molar-refractivity contribution in [1.29, 1.82) is 0 Å². The molecule has 0 aliphatic heterocycles. The van der Waals surface area contributed by atoms with E-state index in [1.807, 2.05) is 6.08 Å². The first-order valence-electron chi connectivity index (χ1n) is 3.95. The molecule has 2 aliphatic rings. The van der Waals surface area contributed by atoms with Crippen LogP contribution in [0.15, 0.2) is 11.6 Å². The van der Waals surface area contributed by atoms with Gasteiger partial charge in [-0.25, -0.2) is 0 Å². The Kier molecular flexibility index (Phi) is 1.05. The highest BCUT2D eigenvalue weighted by Gasteiger charge is 2.39. The molecule has 2 rings (SSSR count). The van der Waals surface area contributed by atoms with Gasteiger partial charge in [0.2, 0.25) is 0 Å². The zero-order valence-electron chi connectivity index (χ0n) is 6.31. The molecule has 0 bridgehead atoms. The Morgan fingerprint density at radius 2 is 2.40 bits per heavy atom. The normalized spacial score (nSPS) is 38.1. The summed E-state index contributed by atoms with van der Waals surface area (Å²) in [6.45, 7) is 2.22. The number of hydrogen-bond donors (Lipinski definition) is 0. The molecule has 10 heavy (non-hydrogen) atoms. The van der Waals surface area contributed by atoms with Crippen LogP contribution in [-0.2, 0) is 4.79 Å². The first-order valence-corrected chi connectivity index (χ1v) is 3.95. The lowest BCUT2D eigenvalue weighted by molar-refractivity contribution is -0.115. The molecule has 0 amide bonds. The fraction of sp³-hybridized carbons (Fsp3) is 0.667. The van der Waals surface area contributed by atoms with E-state index in [0.717, 1.165) is 6.42 Å². The number of allylic oxidation sites excluding steroid dienone is 2. The van der Waals surface area contributed by atoms with E-state index in [1.54, 1.807) is 0 Å². The molecule has 0 aromatic heterocycles. The van der Waals surface area contributed by atoms with Gasteiger partial charge in [-0.3, -0.25) is 4.79 Å². The summed E-state index contributed by atoms with van der Waals surface area (Å²) in [5.41, 5.74) is 1.70. The maximum atomic E-state index is 11.0. The van der Waals surface area contributed by atoms with Crippen molar-refractivity contribution >= 4 is 5.78 Å². The lowest BCUT2D eigenvalue weighted by Gasteiger charge is -2.18. The third-order valence-corrected chi connectivity index (χ3v) is 2.85. The van der Waals surface area contributed by atoms with E-state index in [-0.39, 0.29) is 5.41 Å². The number of ketones is 1. The fourth-order valence-corrected chi connectivity index (χ4v) is 2.21. The highest BCUT2D eigenvalue weighted by atomic mass is 16.1. The summed E-state index contributed by atoms with van der Waals surface area (Å²) in [6.07, 6.45) is 6.33. The summed E-state index contributed by atoms with van der Waals surface area (Å²) in [5.74, 6) is 0.345. The zero-order valence-corrected chi connectivity index (χ0v) is 6.31. The molecule has 1 heteroatoms. The Morgan fingerprint density at radius 3 is 3.10 bits per heavy atom. The molecule has 1 atom stereocenters. The van der Waals surface area contributed by atoms with Crippen LogP contribution in [0.4, 0.5) is 0 Å². The van der Waals surface area contributed by atoms with E-state index in [9.17, 15) is 4.79 Å². The second kappa shape index (κ2) is 1.71. The minimum atomic E-state index is 0.289. The molecule has 1 fully saturated rings. The average Bonchev–Trinajstić information content (AvgIpc) is 2.20. The second-order valence-electron chi connectivity index (χ2n) is 3.73. The first-order chi connectivity index (χ1) is 4.71. The molecule has 0 unspecified atom stereocenters. The Hall–Kier alpha value is -0.590. The predicted octanol–water partition coefficient (Wildman–Crippen LogP) is 2.08. The lowest BCUT2D eigenvalue weighted by atomic mass is 9.86. The van der Waals surface area contributed by atoms with E-state index >= 15 is 0 Å². The molecule has 0 spiro atoms. The SMILES string of the molecule is C[C@]12CCCC1=CC(=O)C2. The quantitative estimate of drug-likeness (QED) is 0.498. The maximum Gasteiger partial charge on any atom is 0.156 e. The molecule has 0 radical (unpaired) electrons. The van der Waals surface area contributed by atoms with Gasteiger partial charge in [0.1, 0.15) is 0 Å². The summed E-state index contributed by atoms with van der Waals surface area (Å²) < 4.78 is 0. The van der Waals surface area contributed by atoms with Gasteiger partial charge in [-0.15, -0.1) is 0 Å². The van der Waals surface area contributed by atoms with Crippen LogP contribution in [0.3, 0.4) is 0 Å². The van der Waals surface area contributed by atoms with Crippen molar-refractivity contribution in [3.63, 3.8) is 0 Å². The topological polar surface area (TPSA) is 17.1 Å². The molecule has 1 saturated carbocycles. The number of rotatable bonds is 0. The van der Waals surface area contributed by atoms with Gasteiger partial charge in [0.15, 0.2) is 5.78 Å². The first kappa shape index (κ1) is 6.14. The Labute approximate surface area is 61.1 Å². The van der Waals surface area contributed by atoms with Crippen LogP contribution in [0, 0.1) is 5.41 Å². The second-order valence-corrected chi connectivity index (χ2v) is 3.73. The summed E-state index contributed by atoms with van der Waals surface area (Å²) in [4.78, 5) is 11.0. The Balaban J connectivity index is 2.37. The van der Waals surface area contributed by atoms with E-state index in [2.05, 4.69) is 6.92 Å². The van der Waals surface area contributed by atoms with E-state index in [0.29, 0.717) is 5.78 Å². The monoisotopic (exact) mass is 136 g/mol. The number of carbonyl (C=O) groups excluding carboxylic acids is 1. The molecule has 54 valence electrons. The molecular formula is C9H12O. The summed E-state index contributed by atoms with van der Waals surface area (Å²) >= 11 is 0. The minimum absolute atomic E-state index is 0.289. The van der Waals surface area contributed by atoms with E-state index < -0.39 is 0 Å². The molecule has 2 aliphatic carbocycles. The standard InChI is InChI=1S/C9H12O/c1-9-4-2-3-7(9)5-8(10)6-9/h5H,2-4,6H2,1H3/t9-/m1/s1. The zero-order chi connectivity index (χ0) is 7.19. The van der Waals surface area contributed by atoms with Gasteiger partial charge in [-0.2, -0.15) is 0 Å². The van der Waals surface area contributed by atoms with Gasteiger partial charge in [0, 0.05) is 6.42 Å². The maximum absolute atomic E-state index is 11.0. The Morgan fingerprint density at radius 1 is 1.60 bits per heavy atom. The van der Waals surface area contributed by atoms with Crippen molar-refractivity contribution in [3.05, 3.63) is 11.6 Å². The van der Waals surface area contributed by atoms with Gasteiger partial charge >= 0.3 is 0 Å². The van der Waals surface area contributed by atoms with Crippen LogP contribution < -0.4 is 0 Å². The van der Waals surface area contributed by atoms with Crippen molar-refractivity contribution in [2.75, 3.05) is 0 Å². The summed E-state index contributed by atoms with van der Waals surface area (Å²) in [6, 6.07) is 0. The van der Waals surface area contributed by atoms with Crippen molar-refractivity contribution in [3.8, 4) is 0 Å². The molecule has 0 aromatic rings. The van der Waals surface area contributed by atoms with Gasteiger partial charge in [-0.1, -0.05) is 12.5 Å². The largest absolute Gasteiger partial charge is 0.295 e. The van der Waals surface area contributed by atoms with E-state index in [4.69, 9.17) is 0 Å². The van der Waals surface area contributed by atoms with Crippen molar-refractivity contribution in [2.45, 2.75) is 32.6 Å². The highest BCUT2D eigenvalue weighted by Crippen LogP contribution is 2.48. The molecule has 0 saturated heterocycles. The van der Waals surface area contributed by atoms with Crippen LogP contribution in [0.5, 0.6) is 0 Å². The van der Waals surface area contributed by atoms with E-state index in [1.165, 1.54) is 24.8 Å². The molecule has 0 aromatic carbocycles. The van der Waals surface area contributed by atoms with Gasteiger partial charge < -0.3 is 0 Å². The molecule has 0 heterocycles. The van der Waals surface area contributed by atoms with Crippen LogP contribution in [0.25, 0.3) is 0 Å². The third kappa shape index (κ3) is 0.664. The predicted molar refractivity (Wildman–Crippen MR) is 39.7 cm³/mol. The van der Waals surface area contributed by atoms with Crippen molar-refractivity contribution < 1.29 is 4.79 Å². The molecule has 1 nitrogen and oxygen atoms in total. The van der Waals surface area contributed by atoms with Crippen LogP contribution in [0.1, 0.15) is 32.6 Å². The van der Waals surface area contributed by atoms with Gasteiger partial charge in [0.05, 0.1) is 0 Å². The van der Waals surface area contributed by atoms with Crippen molar-refractivity contribution in [1.82, 2.24) is 0 Å². The van der Waals surface area contributed by atoms with Crippen LogP contribution in [0.2, 0.25) is 0 Å². The summed E-state index contributed by atoms with van der Waals surface area (Å²) in [7, 11) is 0. The fourth-order valence-electron chi connectivity index (χ4n) is 2.21. The molecular weight excluding hydrogens is 124 g/mol. The lowest BCUT2D eigenvalue weighted by Crippen LogP contribution is -2.10. The van der Waals surface area contributed by atoms with Crippen LogP contribution >= 0.6 is 0 Å². The third-order valence-electron chi connectivity index (χ3n) is 2.85. The Bertz CT molecular complexity index is 215. The number of hydrogen-bond acceptors (Lipinski definition) is 1. The molecule has 0 N–H and O–H groups in total. The average molecular weight is 136 g/mol. The smallest absolute Gasteiger partial charge is 0.156 e. The van der Waals surface area contributed by atoms with Crippen LogP contribution in [-0.4, -0.2) is 5.78 Å². The van der Waals surface area contributed by atoms with Crippen molar-refractivity contribution in [2.24, 2.45) is 5.41 Å². The summed E-state index contributed by atoms with van der Waals surface area (Å²) in [5, 5.41) is 0. The minimum Gasteiger partial charge on any atom is -0.295 e. The number of carbonyl (C=O) groups is 1. The van der Waals surface area contributed by atoms with Gasteiger partial charge in [0.25, 0.3) is 0 Å². The number of fused-ring (bicyclic) bond motifs is 1. The highest BCUT2D eigenvalue weighted by molar-refractivity contribution is 5.94. The van der Waals surface area contributed by atoms with Gasteiger partial charge in [-0.05, 0) is 30.8 Å².